The zero-order chi connectivity index (χ0) is 21.1. The molecule has 0 aromatic carbocycles. The Hall–Kier alpha value is -3.94. The average molecular weight is 411 g/mol. The molecule has 0 aliphatic carbocycles. The molecule has 0 fully saturated rings. The highest BCUT2D eigenvalue weighted by Gasteiger charge is 2.37. The van der Waals surface area contributed by atoms with Gasteiger partial charge in [0.15, 0.2) is 0 Å². The van der Waals surface area contributed by atoms with Gasteiger partial charge in [-0.2, -0.15) is 10.2 Å². The number of hydrogen-bond acceptors (Lipinski definition) is 4. The first-order valence-corrected chi connectivity index (χ1v) is 10.3. The summed E-state index contributed by atoms with van der Waals surface area (Å²) in [6.45, 7) is 4.65. The minimum atomic E-state index is -0.359. The Kier molecular flexibility index (Phi) is 3.77. The van der Waals surface area contributed by atoms with Crippen molar-refractivity contribution in [2.24, 2.45) is 0 Å². The van der Waals surface area contributed by atoms with Crippen molar-refractivity contribution in [3.05, 3.63) is 89.0 Å². The van der Waals surface area contributed by atoms with Crippen molar-refractivity contribution in [2.45, 2.75) is 26.3 Å². The lowest BCUT2D eigenvalue weighted by atomic mass is 9.98. The molecule has 154 valence electrons. The van der Waals surface area contributed by atoms with Crippen LogP contribution in [0.1, 0.15) is 44.6 Å². The minimum Gasteiger partial charge on any atom is -0.348 e. The van der Waals surface area contributed by atoms with Crippen LogP contribution in [0.5, 0.6) is 0 Å². The van der Waals surface area contributed by atoms with Gasteiger partial charge in [0.1, 0.15) is 6.04 Å². The van der Waals surface area contributed by atoms with E-state index in [9.17, 15) is 4.79 Å². The Morgan fingerprint density at radius 1 is 1.16 bits per heavy atom. The maximum absolute atomic E-state index is 13.8. The van der Waals surface area contributed by atoms with E-state index in [1.54, 1.807) is 17.0 Å². The number of nitrogens with one attached hydrogen (secondary N) is 1. The van der Waals surface area contributed by atoms with Crippen LogP contribution in [-0.2, 0) is 6.42 Å². The van der Waals surface area contributed by atoms with Gasteiger partial charge in [-0.3, -0.25) is 4.79 Å². The Balaban J connectivity index is 1.49. The van der Waals surface area contributed by atoms with Gasteiger partial charge in [-0.05, 0) is 43.2 Å². The first-order valence-electron chi connectivity index (χ1n) is 10.3. The first-order chi connectivity index (χ1) is 15.1. The zero-order valence-corrected chi connectivity index (χ0v) is 17.3. The second-order valence-corrected chi connectivity index (χ2v) is 8.10. The molecule has 6 rings (SSSR count). The van der Waals surface area contributed by atoms with Crippen molar-refractivity contribution in [2.75, 3.05) is 6.54 Å². The molecule has 0 radical (unpaired) electrons. The molecule has 6 heterocycles. The Labute approximate surface area is 178 Å². The van der Waals surface area contributed by atoms with Crippen LogP contribution < -0.4 is 0 Å². The van der Waals surface area contributed by atoms with E-state index >= 15 is 0 Å². The maximum atomic E-state index is 13.8. The molecular formula is C23H21N7O. The molecule has 0 saturated carbocycles. The second-order valence-electron chi connectivity index (χ2n) is 8.10. The molecule has 8 nitrogen and oxygen atoms in total. The van der Waals surface area contributed by atoms with Crippen LogP contribution in [0.15, 0.2) is 55.2 Å². The number of rotatable bonds is 2. The third kappa shape index (κ3) is 2.68. The topological polar surface area (TPSA) is 83.6 Å². The summed E-state index contributed by atoms with van der Waals surface area (Å²) in [6, 6.07) is 9.68. The average Bonchev–Trinajstić information content (AvgIpc) is 3.50. The van der Waals surface area contributed by atoms with Crippen LogP contribution in [0, 0.1) is 13.8 Å². The summed E-state index contributed by atoms with van der Waals surface area (Å²) in [4.78, 5) is 23.4. The van der Waals surface area contributed by atoms with Gasteiger partial charge >= 0.3 is 0 Å². The lowest BCUT2D eigenvalue weighted by molar-refractivity contribution is 0.0689. The van der Waals surface area contributed by atoms with Gasteiger partial charge in [0.25, 0.3) is 5.91 Å². The first kappa shape index (κ1) is 17.9. The molecule has 8 heteroatoms. The standard InChI is InChI=1S/C23H21N7O/c1-14-5-6-19-16(11-26-30(19)12-14)23(31)28-9-7-17-21(25-13-24-17)22(28)18-10-20-15(2)4-3-8-29(20)27-18/h3-6,8,10-13,22H,7,9H2,1-2H3,(H,24,25)/t22-/m0/s1. The third-order valence-electron chi connectivity index (χ3n) is 6.09. The number of aromatic amines is 1. The Morgan fingerprint density at radius 3 is 2.94 bits per heavy atom. The fraction of sp³-hybridized carbons (Fsp3) is 0.217. The summed E-state index contributed by atoms with van der Waals surface area (Å²) in [5, 5.41) is 9.21. The fourth-order valence-electron chi connectivity index (χ4n) is 4.51. The van der Waals surface area contributed by atoms with Crippen LogP contribution >= 0.6 is 0 Å². The largest absolute Gasteiger partial charge is 0.348 e. The highest BCUT2D eigenvalue weighted by atomic mass is 16.2. The molecule has 31 heavy (non-hydrogen) atoms. The number of aromatic nitrogens is 6. The van der Waals surface area contributed by atoms with Crippen molar-refractivity contribution >= 4 is 16.9 Å². The Morgan fingerprint density at radius 2 is 2.06 bits per heavy atom. The number of pyridine rings is 2. The summed E-state index contributed by atoms with van der Waals surface area (Å²) in [5.74, 6) is -0.0636. The van der Waals surface area contributed by atoms with Crippen LogP contribution in [0.3, 0.4) is 0 Å². The minimum absolute atomic E-state index is 0.0636. The number of nitrogens with zero attached hydrogens (tertiary/aromatic N) is 6. The molecule has 0 saturated heterocycles. The van der Waals surface area contributed by atoms with Crippen molar-refractivity contribution < 1.29 is 4.79 Å². The summed E-state index contributed by atoms with van der Waals surface area (Å²) < 4.78 is 3.63. The van der Waals surface area contributed by atoms with Crippen LogP contribution in [0.2, 0.25) is 0 Å². The van der Waals surface area contributed by atoms with Gasteiger partial charge in [-0.15, -0.1) is 0 Å². The van der Waals surface area contributed by atoms with E-state index in [4.69, 9.17) is 5.10 Å². The van der Waals surface area contributed by atoms with E-state index in [-0.39, 0.29) is 11.9 Å². The Bertz CT molecular complexity index is 1460. The second kappa shape index (κ2) is 6.53. The van der Waals surface area contributed by atoms with E-state index in [0.717, 1.165) is 45.7 Å². The summed E-state index contributed by atoms with van der Waals surface area (Å²) >= 11 is 0. The van der Waals surface area contributed by atoms with Crippen molar-refractivity contribution in [3.8, 4) is 0 Å². The monoisotopic (exact) mass is 411 g/mol. The lowest BCUT2D eigenvalue weighted by Gasteiger charge is -2.33. The highest BCUT2D eigenvalue weighted by molar-refractivity contribution is 6.01. The number of imidazole rings is 1. The molecular weight excluding hydrogens is 390 g/mol. The summed E-state index contributed by atoms with van der Waals surface area (Å²) in [7, 11) is 0. The maximum Gasteiger partial charge on any atom is 0.258 e. The van der Waals surface area contributed by atoms with Crippen molar-refractivity contribution in [1.82, 2.24) is 34.1 Å². The van der Waals surface area contributed by atoms with Crippen molar-refractivity contribution in [3.63, 3.8) is 0 Å². The van der Waals surface area contributed by atoms with Crippen LogP contribution in [0.4, 0.5) is 0 Å². The molecule has 0 spiro atoms. The van der Waals surface area contributed by atoms with Gasteiger partial charge in [0.2, 0.25) is 0 Å². The number of H-pyrrole nitrogens is 1. The van der Waals surface area contributed by atoms with Gasteiger partial charge < -0.3 is 9.88 Å². The molecule has 1 aliphatic heterocycles. The number of carbonyl (C=O) groups is 1. The fourth-order valence-corrected chi connectivity index (χ4v) is 4.51. The highest BCUT2D eigenvalue weighted by Crippen LogP contribution is 2.35. The molecule has 5 aromatic heterocycles. The number of aryl methyl sites for hydroxylation is 2. The quantitative estimate of drug-likeness (QED) is 0.484. The number of carbonyl (C=O) groups excluding carboxylic acids is 1. The van der Waals surface area contributed by atoms with E-state index in [1.807, 2.05) is 46.9 Å². The van der Waals surface area contributed by atoms with E-state index in [2.05, 4.69) is 34.1 Å². The molecule has 0 bridgehead atoms. The van der Waals surface area contributed by atoms with Crippen LogP contribution in [0.25, 0.3) is 11.0 Å². The zero-order valence-electron chi connectivity index (χ0n) is 17.3. The molecule has 1 amide bonds. The van der Waals surface area contributed by atoms with Gasteiger partial charge in [-0.25, -0.2) is 14.0 Å². The van der Waals surface area contributed by atoms with E-state index in [1.165, 1.54) is 0 Å². The number of fused-ring (bicyclic) bond motifs is 3. The van der Waals surface area contributed by atoms with Crippen molar-refractivity contribution in [1.29, 1.82) is 0 Å². The molecule has 1 aliphatic rings. The lowest BCUT2D eigenvalue weighted by Crippen LogP contribution is -2.41. The van der Waals surface area contributed by atoms with E-state index in [0.29, 0.717) is 12.1 Å². The summed E-state index contributed by atoms with van der Waals surface area (Å²) in [6.07, 6.45) is 7.94. The van der Waals surface area contributed by atoms with Crippen LogP contribution in [-0.4, -0.2) is 46.5 Å². The van der Waals surface area contributed by atoms with Gasteiger partial charge in [0.05, 0.1) is 40.5 Å². The molecule has 1 N–H and O–H groups in total. The van der Waals surface area contributed by atoms with E-state index < -0.39 is 0 Å². The SMILES string of the molecule is Cc1ccc2c(C(=O)N3CCc4[nH]cnc4[C@@H]3c3cc4c(C)cccn4n3)cnn2c1. The normalized spacial score (nSPS) is 16.2. The number of hydrogen-bond donors (Lipinski definition) is 1. The number of amides is 1. The van der Waals surface area contributed by atoms with Gasteiger partial charge in [-0.1, -0.05) is 12.1 Å². The summed E-state index contributed by atoms with van der Waals surface area (Å²) in [5.41, 5.74) is 7.35. The molecule has 5 aromatic rings. The third-order valence-corrected chi connectivity index (χ3v) is 6.09. The molecule has 1 atom stereocenters. The smallest absolute Gasteiger partial charge is 0.258 e. The predicted molar refractivity (Wildman–Crippen MR) is 115 cm³/mol. The van der Waals surface area contributed by atoms with Gasteiger partial charge in [0, 0.05) is 31.1 Å². The predicted octanol–water partition coefficient (Wildman–Crippen LogP) is 3.11. The molecule has 0 unspecified atom stereocenters.